The lowest BCUT2D eigenvalue weighted by Gasteiger charge is -2.37. The minimum Gasteiger partial charge on any atom is -0.492 e. The molecule has 4 rings (SSSR count). The second-order valence-corrected chi connectivity index (χ2v) is 6.88. The molecule has 0 radical (unpaired) electrons. The van der Waals surface area contributed by atoms with Crippen molar-refractivity contribution < 1.29 is 9.53 Å². The van der Waals surface area contributed by atoms with Gasteiger partial charge in [0, 0.05) is 45.6 Å². The smallest absolute Gasteiger partial charge is 0.229 e. The van der Waals surface area contributed by atoms with Crippen molar-refractivity contribution in [3.05, 3.63) is 48.0 Å². The molecule has 6 heteroatoms. The average molecular weight is 340 g/mol. The summed E-state index contributed by atoms with van der Waals surface area (Å²) in [6.45, 7) is 4.67. The predicted molar refractivity (Wildman–Crippen MR) is 94.2 cm³/mol. The maximum absolute atomic E-state index is 12.9. The molecule has 0 N–H and O–H groups in total. The lowest BCUT2D eigenvalue weighted by Crippen LogP contribution is -2.51. The molecule has 2 aromatic rings. The summed E-state index contributed by atoms with van der Waals surface area (Å²) in [5.41, 5.74) is 1.14. The fourth-order valence-corrected chi connectivity index (χ4v) is 3.62. The molecule has 1 atom stereocenters. The molecule has 1 aromatic heterocycles. The number of hydrogen-bond acceptors (Lipinski definition) is 4. The van der Waals surface area contributed by atoms with E-state index < -0.39 is 0 Å². The number of aromatic nitrogens is 2. The number of rotatable bonds is 3. The van der Waals surface area contributed by atoms with Crippen LogP contribution in [-0.2, 0) is 24.8 Å². The molecule has 2 aliphatic heterocycles. The average Bonchev–Trinajstić information content (AvgIpc) is 3.06. The summed E-state index contributed by atoms with van der Waals surface area (Å²) in [6.07, 6.45) is 4.58. The topological polar surface area (TPSA) is 50.6 Å². The molecule has 1 aromatic carbocycles. The highest BCUT2D eigenvalue weighted by atomic mass is 16.5. The molecule has 1 amide bonds. The molecule has 0 aliphatic carbocycles. The number of para-hydroxylation sites is 1. The first kappa shape index (κ1) is 16.1. The molecule has 3 heterocycles. The van der Waals surface area contributed by atoms with Gasteiger partial charge < -0.3 is 14.2 Å². The first-order valence-corrected chi connectivity index (χ1v) is 8.89. The third kappa shape index (κ3) is 3.39. The molecule has 0 spiro atoms. The van der Waals surface area contributed by atoms with Gasteiger partial charge in [0.15, 0.2) is 0 Å². The van der Waals surface area contributed by atoms with Crippen LogP contribution >= 0.6 is 0 Å². The lowest BCUT2D eigenvalue weighted by atomic mass is 9.95. The number of nitrogens with zero attached hydrogens (tertiary/aromatic N) is 4. The Bertz CT molecular complexity index is 749. The molecular formula is C19H24N4O2. The first-order valence-electron chi connectivity index (χ1n) is 8.89. The van der Waals surface area contributed by atoms with Crippen molar-refractivity contribution >= 4 is 5.91 Å². The maximum atomic E-state index is 12.9. The van der Waals surface area contributed by atoms with Crippen molar-refractivity contribution in [2.24, 2.45) is 13.0 Å². The highest BCUT2D eigenvalue weighted by Crippen LogP contribution is 2.28. The quantitative estimate of drug-likeness (QED) is 0.846. The van der Waals surface area contributed by atoms with Crippen LogP contribution in [0.25, 0.3) is 0 Å². The van der Waals surface area contributed by atoms with E-state index in [1.54, 1.807) is 0 Å². The van der Waals surface area contributed by atoms with Gasteiger partial charge in [0.2, 0.25) is 5.91 Å². The largest absolute Gasteiger partial charge is 0.492 e. The Morgan fingerprint density at radius 1 is 1.24 bits per heavy atom. The molecule has 132 valence electrons. The second-order valence-electron chi connectivity index (χ2n) is 6.88. The van der Waals surface area contributed by atoms with Crippen molar-refractivity contribution in [3.8, 4) is 5.75 Å². The van der Waals surface area contributed by atoms with Crippen LogP contribution in [-0.4, -0.2) is 58.0 Å². The van der Waals surface area contributed by atoms with Crippen LogP contribution in [0, 0.1) is 5.92 Å². The zero-order chi connectivity index (χ0) is 17.2. The van der Waals surface area contributed by atoms with Crippen molar-refractivity contribution in [1.29, 1.82) is 0 Å². The third-order valence-corrected chi connectivity index (χ3v) is 5.20. The standard InChI is InChI=1S/C19H24N4O2/c1-21-7-6-20-18(21)13-22-8-10-23(11-9-22)19(24)16-12-15-4-2-3-5-17(15)25-14-16/h2-7,16H,8-14H2,1H3/t16-/m0/s1. The monoisotopic (exact) mass is 340 g/mol. The van der Waals surface area contributed by atoms with Crippen molar-refractivity contribution in [2.75, 3.05) is 32.8 Å². The number of carbonyl (C=O) groups is 1. The number of carbonyl (C=O) groups excluding carboxylic acids is 1. The van der Waals surface area contributed by atoms with E-state index in [-0.39, 0.29) is 11.8 Å². The van der Waals surface area contributed by atoms with E-state index >= 15 is 0 Å². The summed E-state index contributed by atoms with van der Waals surface area (Å²) in [5.74, 6) is 2.16. The van der Waals surface area contributed by atoms with Crippen LogP contribution in [0.3, 0.4) is 0 Å². The van der Waals surface area contributed by atoms with E-state index in [1.807, 2.05) is 47.1 Å². The van der Waals surface area contributed by atoms with Crippen LogP contribution in [0.2, 0.25) is 0 Å². The number of fused-ring (bicyclic) bond motifs is 1. The lowest BCUT2D eigenvalue weighted by molar-refractivity contribution is -0.138. The van der Waals surface area contributed by atoms with Gasteiger partial charge in [-0.25, -0.2) is 4.98 Å². The SMILES string of the molecule is Cn1ccnc1CN1CCN(C(=O)[C@@H]2COc3ccccc3C2)CC1. The van der Waals surface area contributed by atoms with Gasteiger partial charge in [-0.3, -0.25) is 9.69 Å². The van der Waals surface area contributed by atoms with E-state index in [1.165, 1.54) is 0 Å². The minimum atomic E-state index is -0.0593. The van der Waals surface area contributed by atoms with Gasteiger partial charge in [0.25, 0.3) is 0 Å². The summed E-state index contributed by atoms with van der Waals surface area (Å²) in [6, 6.07) is 8.01. The maximum Gasteiger partial charge on any atom is 0.229 e. The molecule has 25 heavy (non-hydrogen) atoms. The highest BCUT2D eigenvalue weighted by Gasteiger charge is 2.31. The van der Waals surface area contributed by atoms with Crippen LogP contribution in [0.5, 0.6) is 5.75 Å². The summed E-state index contributed by atoms with van der Waals surface area (Å²) in [4.78, 5) is 21.6. The van der Waals surface area contributed by atoms with Gasteiger partial charge in [-0.05, 0) is 18.1 Å². The van der Waals surface area contributed by atoms with Gasteiger partial charge in [-0.1, -0.05) is 18.2 Å². The minimum absolute atomic E-state index is 0.0593. The molecular weight excluding hydrogens is 316 g/mol. The normalized spacial score (nSPS) is 20.8. The van der Waals surface area contributed by atoms with E-state index in [9.17, 15) is 4.79 Å². The number of benzene rings is 1. The van der Waals surface area contributed by atoms with Crippen LogP contribution in [0.4, 0.5) is 0 Å². The summed E-state index contributed by atoms with van der Waals surface area (Å²) >= 11 is 0. The molecule has 6 nitrogen and oxygen atoms in total. The fourth-order valence-electron chi connectivity index (χ4n) is 3.62. The van der Waals surface area contributed by atoms with Gasteiger partial charge >= 0.3 is 0 Å². The predicted octanol–water partition coefficient (Wildman–Crippen LogP) is 1.32. The number of aryl methyl sites for hydroxylation is 1. The van der Waals surface area contributed by atoms with Crippen molar-refractivity contribution in [2.45, 2.75) is 13.0 Å². The number of piperazine rings is 1. The van der Waals surface area contributed by atoms with E-state index in [0.717, 1.165) is 56.3 Å². The van der Waals surface area contributed by atoms with Crippen molar-refractivity contribution in [1.82, 2.24) is 19.4 Å². The van der Waals surface area contributed by atoms with Crippen LogP contribution in [0.1, 0.15) is 11.4 Å². The Labute approximate surface area is 148 Å². The molecule has 2 aliphatic rings. The fraction of sp³-hybridized carbons (Fsp3) is 0.474. The summed E-state index contributed by atoms with van der Waals surface area (Å²) in [5, 5.41) is 0. The molecule has 1 fully saturated rings. The molecule has 0 saturated carbocycles. The van der Waals surface area contributed by atoms with Crippen LogP contribution in [0.15, 0.2) is 36.7 Å². The Hall–Kier alpha value is -2.34. The van der Waals surface area contributed by atoms with Gasteiger partial charge in [0.1, 0.15) is 18.2 Å². The van der Waals surface area contributed by atoms with Crippen molar-refractivity contribution in [3.63, 3.8) is 0 Å². The number of ether oxygens (including phenoxy) is 1. The highest BCUT2D eigenvalue weighted by molar-refractivity contribution is 5.80. The summed E-state index contributed by atoms with van der Waals surface area (Å²) in [7, 11) is 2.02. The molecule has 1 saturated heterocycles. The van der Waals surface area contributed by atoms with Gasteiger partial charge in [0.05, 0.1) is 12.5 Å². The van der Waals surface area contributed by atoms with Crippen LogP contribution < -0.4 is 4.74 Å². The zero-order valence-electron chi connectivity index (χ0n) is 14.6. The Kier molecular flexibility index (Phi) is 4.44. The summed E-state index contributed by atoms with van der Waals surface area (Å²) < 4.78 is 7.83. The zero-order valence-corrected chi connectivity index (χ0v) is 14.6. The Balaban J connectivity index is 1.32. The third-order valence-electron chi connectivity index (χ3n) is 5.20. The second kappa shape index (κ2) is 6.88. The van der Waals surface area contributed by atoms with Gasteiger partial charge in [-0.2, -0.15) is 0 Å². The Morgan fingerprint density at radius 3 is 2.80 bits per heavy atom. The molecule has 0 bridgehead atoms. The van der Waals surface area contributed by atoms with E-state index in [2.05, 4.69) is 16.0 Å². The number of imidazole rings is 1. The molecule has 0 unspecified atom stereocenters. The number of hydrogen-bond donors (Lipinski definition) is 0. The Morgan fingerprint density at radius 2 is 2.04 bits per heavy atom. The first-order chi connectivity index (χ1) is 12.2. The van der Waals surface area contributed by atoms with E-state index in [4.69, 9.17) is 4.74 Å². The number of amides is 1. The van der Waals surface area contributed by atoms with Gasteiger partial charge in [-0.15, -0.1) is 0 Å². The van der Waals surface area contributed by atoms with E-state index in [0.29, 0.717) is 6.61 Å².